The van der Waals surface area contributed by atoms with Crippen molar-refractivity contribution in [2.24, 2.45) is 0 Å². The van der Waals surface area contributed by atoms with E-state index in [2.05, 4.69) is 34.6 Å². The van der Waals surface area contributed by atoms with Gasteiger partial charge in [-0.15, -0.1) is 11.3 Å². The van der Waals surface area contributed by atoms with E-state index in [0.717, 1.165) is 49.5 Å². The number of thiazole rings is 1. The Morgan fingerprint density at radius 2 is 1.91 bits per heavy atom. The fourth-order valence-electron chi connectivity index (χ4n) is 3.02. The van der Waals surface area contributed by atoms with E-state index in [0.29, 0.717) is 12.3 Å². The second-order valence-electron chi connectivity index (χ2n) is 5.86. The maximum atomic E-state index is 12.4. The summed E-state index contributed by atoms with van der Waals surface area (Å²) in [4.78, 5) is 18.9. The van der Waals surface area contributed by atoms with Crippen LogP contribution in [0.25, 0.3) is 0 Å². The van der Waals surface area contributed by atoms with E-state index < -0.39 is 0 Å². The van der Waals surface area contributed by atoms with Crippen LogP contribution in [0.1, 0.15) is 34.7 Å². The molecular formula is C18H22N2OS. The number of aromatic nitrogens is 1. The Labute approximate surface area is 136 Å². The van der Waals surface area contributed by atoms with Crippen LogP contribution in [0.2, 0.25) is 0 Å². The van der Waals surface area contributed by atoms with Gasteiger partial charge in [0.15, 0.2) is 0 Å². The maximum Gasteiger partial charge on any atom is 0.222 e. The van der Waals surface area contributed by atoms with E-state index in [9.17, 15) is 4.79 Å². The largest absolute Gasteiger partial charge is 0.342 e. The third-order valence-electron chi connectivity index (χ3n) is 4.26. The van der Waals surface area contributed by atoms with Gasteiger partial charge in [0.1, 0.15) is 0 Å². The number of amides is 1. The van der Waals surface area contributed by atoms with E-state index in [1.807, 2.05) is 11.8 Å². The highest BCUT2D eigenvalue weighted by Crippen LogP contribution is 2.17. The van der Waals surface area contributed by atoms with Gasteiger partial charge in [0.05, 0.1) is 10.7 Å². The van der Waals surface area contributed by atoms with Gasteiger partial charge in [0, 0.05) is 24.9 Å². The van der Waals surface area contributed by atoms with Gasteiger partial charge in [-0.3, -0.25) is 4.79 Å². The first-order valence-electron chi connectivity index (χ1n) is 7.98. The van der Waals surface area contributed by atoms with Gasteiger partial charge in [-0.05, 0) is 43.7 Å². The molecule has 0 aliphatic carbocycles. The summed E-state index contributed by atoms with van der Waals surface area (Å²) in [5, 5.41) is 3.20. The second kappa shape index (κ2) is 7.05. The second-order valence-corrected chi connectivity index (χ2v) is 6.92. The number of nitrogens with zero attached hydrogens (tertiary/aromatic N) is 2. The molecule has 1 aromatic heterocycles. The quantitative estimate of drug-likeness (QED) is 0.866. The summed E-state index contributed by atoms with van der Waals surface area (Å²) >= 11 is 1.68. The van der Waals surface area contributed by atoms with Crippen molar-refractivity contribution < 1.29 is 4.79 Å². The van der Waals surface area contributed by atoms with Gasteiger partial charge < -0.3 is 4.90 Å². The van der Waals surface area contributed by atoms with Crippen LogP contribution in [-0.2, 0) is 24.1 Å². The van der Waals surface area contributed by atoms with Crippen LogP contribution in [0, 0.1) is 6.92 Å². The van der Waals surface area contributed by atoms with Gasteiger partial charge in [0.25, 0.3) is 0 Å². The molecule has 1 aliphatic heterocycles. The number of carbonyl (C=O) groups is 1. The number of rotatable bonds is 4. The zero-order valence-electron chi connectivity index (χ0n) is 13.0. The third-order valence-corrected chi connectivity index (χ3v) is 5.09. The Bertz CT molecular complexity index is 623. The van der Waals surface area contributed by atoms with Crippen LogP contribution in [0.4, 0.5) is 0 Å². The van der Waals surface area contributed by atoms with Crippen molar-refractivity contribution in [3.05, 3.63) is 51.5 Å². The lowest BCUT2D eigenvalue weighted by molar-refractivity contribution is -0.131. The first-order valence-corrected chi connectivity index (χ1v) is 8.86. The molecule has 0 unspecified atom stereocenters. The molecule has 0 saturated carbocycles. The molecule has 0 fully saturated rings. The zero-order valence-corrected chi connectivity index (χ0v) is 13.9. The summed E-state index contributed by atoms with van der Waals surface area (Å²) < 4.78 is 0. The molecule has 0 N–H and O–H groups in total. The van der Waals surface area contributed by atoms with Crippen LogP contribution in [0.15, 0.2) is 29.6 Å². The minimum Gasteiger partial charge on any atom is -0.342 e. The molecule has 22 heavy (non-hydrogen) atoms. The van der Waals surface area contributed by atoms with Crippen LogP contribution in [0.5, 0.6) is 0 Å². The van der Waals surface area contributed by atoms with Crippen LogP contribution >= 0.6 is 11.3 Å². The van der Waals surface area contributed by atoms with E-state index >= 15 is 0 Å². The standard InChI is InChI=1S/C18H22N2OS/c1-14-19-17(13-22-14)7-4-8-18(21)20-11-9-15-5-2-3-6-16(15)10-12-20/h2-3,5-6,13H,4,7-12H2,1H3. The maximum absolute atomic E-state index is 12.4. The molecule has 0 radical (unpaired) electrons. The molecule has 4 heteroatoms. The van der Waals surface area contributed by atoms with Gasteiger partial charge in [-0.25, -0.2) is 4.98 Å². The number of fused-ring (bicyclic) bond motifs is 1. The van der Waals surface area contributed by atoms with Crippen molar-refractivity contribution in [3.63, 3.8) is 0 Å². The molecule has 0 atom stereocenters. The Hall–Kier alpha value is -1.68. The van der Waals surface area contributed by atoms with Crippen molar-refractivity contribution in [2.75, 3.05) is 13.1 Å². The predicted molar refractivity (Wildman–Crippen MR) is 90.2 cm³/mol. The lowest BCUT2D eigenvalue weighted by Gasteiger charge is -2.20. The molecular weight excluding hydrogens is 292 g/mol. The topological polar surface area (TPSA) is 33.2 Å². The average molecular weight is 314 g/mol. The molecule has 0 bridgehead atoms. The first-order chi connectivity index (χ1) is 10.7. The number of benzene rings is 1. The van der Waals surface area contributed by atoms with Gasteiger partial charge in [0.2, 0.25) is 5.91 Å². The Balaban J connectivity index is 1.49. The SMILES string of the molecule is Cc1nc(CCCC(=O)N2CCc3ccccc3CC2)cs1. The molecule has 1 amide bonds. The number of carbonyl (C=O) groups excluding carboxylic acids is 1. The molecule has 1 aliphatic rings. The molecule has 3 rings (SSSR count). The summed E-state index contributed by atoms with van der Waals surface area (Å²) in [5.41, 5.74) is 3.92. The van der Waals surface area contributed by atoms with Crippen molar-refractivity contribution in [1.29, 1.82) is 0 Å². The van der Waals surface area contributed by atoms with E-state index in [1.54, 1.807) is 11.3 Å². The fraction of sp³-hybridized carbons (Fsp3) is 0.444. The molecule has 2 aromatic rings. The molecule has 116 valence electrons. The number of hydrogen-bond donors (Lipinski definition) is 0. The highest BCUT2D eigenvalue weighted by molar-refractivity contribution is 7.09. The Morgan fingerprint density at radius 1 is 1.23 bits per heavy atom. The normalized spacial score (nSPS) is 14.5. The Kier molecular flexibility index (Phi) is 4.88. The Morgan fingerprint density at radius 3 is 2.50 bits per heavy atom. The van der Waals surface area contributed by atoms with E-state index in [4.69, 9.17) is 0 Å². The van der Waals surface area contributed by atoms with Gasteiger partial charge >= 0.3 is 0 Å². The molecule has 2 heterocycles. The van der Waals surface area contributed by atoms with E-state index in [-0.39, 0.29) is 0 Å². The van der Waals surface area contributed by atoms with Crippen molar-refractivity contribution >= 4 is 17.2 Å². The average Bonchev–Trinajstić information content (AvgIpc) is 2.82. The van der Waals surface area contributed by atoms with E-state index in [1.165, 1.54) is 11.1 Å². The van der Waals surface area contributed by atoms with Crippen LogP contribution in [0.3, 0.4) is 0 Å². The molecule has 1 aromatic carbocycles. The minimum atomic E-state index is 0.291. The van der Waals surface area contributed by atoms with Gasteiger partial charge in [-0.1, -0.05) is 24.3 Å². The summed E-state index contributed by atoms with van der Waals surface area (Å²) in [6.07, 6.45) is 4.39. The summed E-state index contributed by atoms with van der Waals surface area (Å²) in [6.45, 7) is 3.73. The van der Waals surface area contributed by atoms with Crippen LogP contribution < -0.4 is 0 Å². The smallest absolute Gasteiger partial charge is 0.222 e. The zero-order chi connectivity index (χ0) is 15.4. The first kappa shape index (κ1) is 15.2. The molecule has 3 nitrogen and oxygen atoms in total. The third kappa shape index (κ3) is 3.74. The fourth-order valence-corrected chi connectivity index (χ4v) is 3.67. The lowest BCUT2D eigenvalue weighted by Crippen LogP contribution is -2.33. The minimum absolute atomic E-state index is 0.291. The van der Waals surface area contributed by atoms with Crippen molar-refractivity contribution in [3.8, 4) is 0 Å². The highest BCUT2D eigenvalue weighted by atomic mass is 32.1. The molecule has 0 spiro atoms. The number of hydrogen-bond acceptors (Lipinski definition) is 3. The summed E-state index contributed by atoms with van der Waals surface area (Å²) in [6, 6.07) is 8.56. The summed E-state index contributed by atoms with van der Waals surface area (Å²) in [5.74, 6) is 0.291. The van der Waals surface area contributed by atoms with Gasteiger partial charge in [-0.2, -0.15) is 0 Å². The number of aryl methyl sites for hydroxylation is 2. The predicted octanol–water partition coefficient (Wildman–Crippen LogP) is 3.40. The lowest BCUT2D eigenvalue weighted by atomic mass is 10.0. The van der Waals surface area contributed by atoms with Crippen LogP contribution in [-0.4, -0.2) is 28.9 Å². The molecule has 0 saturated heterocycles. The van der Waals surface area contributed by atoms with Crippen molar-refractivity contribution in [2.45, 2.75) is 39.0 Å². The highest BCUT2D eigenvalue weighted by Gasteiger charge is 2.17. The summed E-state index contributed by atoms with van der Waals surface area (Å²) in [7, 11) is 0. The monoisotopic (exact) mass is 314 g/mol. The van der Waals surface area contributed by atoms with Crippen molar-refractivity contribution in [1.82, 2.24) is 9.88 Å².